The van der Waals surface area contributed by atoms with E-state index in [0.717, 1.165) is 26.2 Å². The van der Waals surface area contributed by atoms with Gasteiger partial charge in [0.25, 0.3) is 0 Å². The summed E-state index contributed by atoms with van der Waals surface area (Å²) in [6, 6.07) is 0. The van der Waals surface area contributed by atoms with Crippen LogP contribution in [0.5, 0.6) is 0 Å². The minimum absolute atomic E-state index is 1.09. The van der Waals surface area contributed by atoms with Crippen molar-refractivity contribution in [2.75, 3.05) is 33.2 Å². The fourth-order valence-corrected chi connectivity index (χ4v) is 1.13. The molecule has 0 spiro atoms. The maximum atomic E-state index is 3.72. The van der Waals surface area contributed by atoms with E-state index in [4.69, 9.17) is 0 Å². The highest BCUT2D eigenvalue weighted by atomic mass is 15.5. The van der Waals surface area contributed by atoms with Crippen LogP contribution in [0.3, 0.4) is 0 Å². The summed E-state index contributed by atoms with van der Waals surface area (Å²) < 4.78 is 0. The zero-order valence-corrected chi connectivity index (χ0v) is 6.51. The third-order valence-electron chi connectivity index (χ3n) is 1.89. The first-order valence-corrected chi connectivity index (χ1v) is 3.65. The van der Waals surface area contributed by atoms with Gasteiger partial charge < -0.3 is 4.90 Å². The van der Waals surface area contributed by atoms with Crippen LogP contribution >= 0.6 is 0 Å². The van der Waals surface area contributed by atoms with E-state index in [1.54, 1.807) is 0 Å². The molecule has 1 heterocycles. The molecule has 0 saturated carbocycles. The minimum atomic E-state index is 1.09. The lowest BCUT2D eigenvalue weighted by atomic mass is 10.4. The van der Waals surface area contributed by atoms with Crippen LogP contribution in [0.2, 0.25) is 0 Å². The lowest BCUT2D eigenvalue weighted by Gasteiger charge is -2.32. The highest BCUT2D eigenvalue weighted by Gasteiger charge is 2.10. The predicted octanol–water partition coefficient (Wildman–Crippen LogP) is -0.118. The first-order chi connectivity index (χ1) is 4.86. The summed E-state index contributed by atoms with van der Waals surface area (Å²) in [5, 5.41) is 2.21. The van der Waals surface area contributed by atoms with Crippen LogP contribution in [0.15, 0.2) is 12.8 Å². The molecular formula is C7H15N3. The van der Waals surface area contributed by atoms with Crippen LogP contribution < -0.4 is 5.43 Å². The number of rotatable bonds is 2. The van der Waals surface area contributed by atoms with Crippen LogP contribution in [0.1, 0.15) is 0 Å². The SMILES string of the molecule is C=CN1CCN(NC)CC1. The lowest BCUT2D eigenvalue weighted by molar-refractivity contribution is 0.127. The fraction of sp³-hybridized carbons (Fsp3) is 0.714. The van der Waals surface area contributed by atoms with E-state index in [-0.39, 0.29) is 0 Å². The van der Waals surface area contributed by atoms with Gasteiger partial charge >= 0.3 is 0 Å². The molecule has 0 aromatic carbocycles. The number of hydrazine groups is 1. The molecule has 0 aromatic rings. The van der Waals surface area contributed by atoms with Gasteiger partial charge in [-0.3, -0.25) is 5.43 Å². The number of nitrogens with zero attached hydrogens (tertiary/aromatic N) is 2. The summed E-state index contributed by atoms with van der Waals surface area (Å²) >= 11 is 0. The second-order valence-electron chi connectivity index (χ2n) is 2.43. The molecule has 0 aliphatic carbocycles. The van der Waals surface area contributed by atoms with Crippen molar-refractivity contribution in [1.82, 2.24) is 15.3 Å². The van der Waals surface area contributed by atoms with Crippen molar-refractivity contribution < 1.29 is 0 Å². The van der Waals surface area contributed by atoms with E-state index in [1.807, 2.05) is 13.2 Å². The Morgan fingerprint density at radius 1 is 1.30 bits per heavy atom. The molecule has 1 saturated heterocycles. The molecule has 1 fully saturated rings. The molecule has 0 radical (unpaired) electrons. The Morgan fingerprint density at radius 3 is 2.30 bits per heavy atom. The molecule has 0 bridgehead atoms. The van der Waals surface area contributed by atoms with Gasteiger partial charge in [0.2, 0.25) is 0 Å². The van der Waals surface area contributed by atoms with E-state index in [9.17, 15) is 0 Å². The Balaban J connectivity index is 2.23. The average Bonchev–Trinajstić information content (AvgIpc) is 2.05. The van der Waals surface area contributed by atoms with E-state index >= 15 is 0 Å². The first-order valence-electron chi connectivity index (χ1n) is 3.65. The van der Waals surface area contributed by atoms with E-state index in [2.05, 4.69) is 21.9 Å². The summed E-state index contributed by atoms with van der Waals surface area (Å²) in [7, 11) is 1.96. The van der Waals surface area contributed by atoms with Crippen molar-refractivity contribution in [3.05, 3.63) is 12.8 Å². The smallest absolute Gasteiger partial charge is 0.0314 e. The summed E-state index contributed by atoms with van der Waals surface area (Å²) in [5.74, 6) is 0. The highest BCUT2D eigenvalue weighted by Crippen LogP contribution is 1.97. The van der Waals surface area contributed by atoms with E-state index in [1.165, 1.54) is 0 Å². The van der Waals surface area contributed by atoms with E-state index < -0.39 is 0 Å². The molecule has 1 aliphatic rings. The second kappa shape index (κ2) is 3.58. The maximum Gasteiger partial charge on any atom is 0.0314 e. The molecule has 10 heavy (non-hydrogen) atoms. The maximum absolute atomic E-state index is 3.72. The number of piperazine rings is 1. The predicted molar refractivity (Wildman–Crippen MR) is 42.4 cm³/mol. The van der Waals surface area contributed by atoms with Crippen molar-refractivity contribution in [2.45, 2.75) is 0 Å². The van der Waals surface area contributed by atoms with Gasteiger partial charge in [-0.1, -0.05) is 6.58 Å². The molecule has 1 rings (SSSR count). The van der Waals surface area contributed by atoms with Crippen molar-refractivity contribution in [1.29, 1.82) is 0 Å². The summed E-state index contributed by atoms with van der Waals surface area (Å²) in [5.41, 5.74) is 3.12. The van der Waals surface area contributed by atoms with Crippen LogP contribution in [0, 0.1) is 0 Å². The molecule has 0 aromatic heterocycles. The van der Waals surface area contributed by atoms with Gasteiger partial charge in [0, 0.05) is 26.2 Å². The van der Waals surface area contributed by atoms with Gasteiger partial charge in [-0.05, 0) is 13.2 Å². The lowest BCUT2D eigenvalue weighted by Crippen LogP contribution is -2.48. The van der Waals surface area contributed by atoms with Gasteiger partial charge in [-0.2, -0.15) is 0 Å². The quantitative estimate of drug-likeness (QED) is 0.578. The Hall–Kier alpha value is -0.540. The van der Waals surface area contributed by atoms with Crippen LogP contribution in [-0.2, 0) is 0 Å². The summed E-state index contributed by atoms with van der Waals surface area (Å²) in [6.45, 7) is 8.07. The second-order valence-corrected chi connectivity index (χ2v) is 2.43. The third kappa shape index (κ3) is 1.72. The van der Waals surface area contributed by atoms with Gasteiger partial charge in [-0.15, -0.1) is 0 Å². The molecule has 1 N–H and O–H groups in total. The molecule has 0 unspecified atom stereocenters. The van der Waals surface area contributed by atoms with E-state index in [0.29, 0.717) is 0 Å². The van der Waals surface area contributed by atoms with Crippen molar-refractivity contribution in [3.8, 4) is 0 Å². The molecule has 0 amide bonds. The fourth-order valence-electron chi connectivity index (χ4n) is 1.13. The summed E-state index contributed by atoms with van der Waals surface area (Å²) in [6.07, 6.45) is 1.91. The minimum Gasteiger partial charge on any atom is -0.375 e. The van der Waals surface area contributed by atoms with Crippen molar-refractivity contribution in [2.24, 2.45) is 0 Å². The van der Waals surface area contributed by atoms with Crippen LogP contribution in [-0.4, -0.2) is 43.1 Å². The molecule has 0 atom stereocenters. The Morgan fingerprint density at radius 2 is 1.90 bits per heavy atom. The molecule has 1 aliphatic heterocycles. The van der Waals surface area contributed by atoms with Crippen molar-refractivity contribution in [3.63, 3.8) is 0 Å². The summed E-state index contributed by atoms with van der Waals surface area (Å²) in [4.78, 5) is 2.23. The van der Waals surface area contributed by atoms with Crippen molar-refractivity contribution >= 4 is 0 Å². The van der Waals surface area contributed by atoms with Gasteiger partial charge in [0.05, 0.1) is 0 Å². The Kier molecular flexibility index (Phi) is 2.71. The van der Waals surface area contributed by atoms with Gasteiger partial charge in [0.1, 0.15) is 0 Å². The third-order valence-corrected chi connectivity index (χ3v) is 1.89. The largest absolute Gasteiger partial charge is 0.375 e. The molecule has 3 nitrogen and oxygen atoms in total. The molecule has 58 valence electrons. The Labute approximate surface area is 62.3 Å². The normalized spacial score (nSPS) is 21.1. The zero-order chi connectivity index (χ0) is 7.40. The number of hydrogen-bond acceptors (Lipinski definition) is 3. The molecular weight excluding hydrogens is 126 g/mol. The van der Waals surface area contributed by atoms with Gasteiger partial charge in [0.15, 0.2) is 0 Å². The number of nitrogens with one attached hydrogen (secondary N) is 1. The highest BCUT2D eigenvalue weighted by molar-refractivity contribution is 4.76. The topological polar surface area (TPSA) is 18.5 Å². The standard InChI is InChI=1S/C7H15N3/c1-3-9-4-6-10(8-2)7-5-9/h3,8H,1,4-7H2,2H3. The average molecular weight is 141 g/mol. The van der Waals surface area contributed by atoms with Crippen LogP contribution in [0.25, 0.3) is 0 Å². The Bertz CT molecular complexity index is 105. The van der Waals surface area contributed by atoms with Crippen LogP contribution in [0.4, 0.5) is 0 Å². The van der Waals surface area contributed by atoms with Gasteiger partial charge in [-0.25, -0.2) is 5.01 Å². The zero-order valence-electron chi connectivity index (χ0n) is 6.51. The molecule has 3 heteroatoms. The number of hydrogen-bond donors (Lipinski definition) is 1. The first kappa shape index (κ1) is 7.57. The monoisotopic (exact) mass is 141 g/mol.